The molecule has 0 spiro atoms. The van der Waals surface area contributed by atoms with Crippen molar-refractivity contribution in [3.05, 3.63) is 47.5 Å². The van der Waals surface area contributed by atoms with Crippen molar-refractivity contribution in [2.75, 3.05) is 0 Å². The zero-order chi connectivity index (χ0) is 14.4. The summed E-state index contributed by atoms with van der Waals surface area (Å²) < 4.78 is 1.64. The Kier molecular flexibility index (Phi) is 5.12. The highest BCUT2D eigenvalue weighted by Gasteiger charge is 2.12. The Morgan fingerprint density at radius 3 is 2.75 bits per heavy atom. The summed E-state index contributed by atoms with van der Waals surface area (Å²) in [5.74, 6) is 0.00213. The number of aryl methyl sites for hydroxylation is 1. The largest absolute Gasteiger partial charge is 0.349 e. The average Bonchev–Trinajstić information content (AvgIpc) is 2.97. The quantitative estimate of drug-likeness (QED) is 0.890. The van der Waals surface area contributed by atoms with Gasteiger partial charge in [-0.15, -0.1) is 0 Å². The fourth-order valence-corrected chi connectivity index (χ4v) is 2.07. The van der Waals surface area contributed by atoms with Crippen LogP contribution in [0.4, 0.5) is 0 Å². The summed E-state index contributed by atoms with van der Waals surface area (Å²) in [6.07, 6.45) is 4.27. The molecular formula is C14H17ClN4O. The van der Waals surface area contributed by atoms with Crippen LogP contribution in [0, 0.1) is 0 Å². The second kappa shape index (κ2) is 7.05. The first-order chi connectivity index (χ1) is 9.69. The number of rotatable bonds is 6. The predicted octanol–water partition coefficient (Wildman–Crippen LogP) is 2.59. The predicted molar refractivity (Wildman–Crippen MR) is 77.3 cm³/mol. The number of nitrogens with one attached hydrogen (secondary N) is 1. The molecule has 2 aromatic rings. The van der Waals surface area contributed by atoms with Gasteiger partial charge in [-0.25, -0.2) is 4.98 Å². The normalized spacial score (nSPS) is 12.1. The van der Waals surface area contributed by atoms with Gasteiger partial charge in [0, 0.05) is 11.4 Å². The molecule has 5 nitrogen and oxygen atoms in total. The van der Waals surface area contributed by atoms with Crippen molar-refractivity contribution in [2.24, 2.45) is 0 Å². The van der Waals surface area contributed by atoms with Crippen LogP contribution in [0.1, 0.15) is 31.4 Å². The first-order valence-corrected chi connectivity index (χ1v) is 6.94. The maximum atomic E-state index is 11.9. The van der Waals surface area contributed by atoms with Crippen molar-refractivity contribution in [1.82, 2.24) is 20.1 Å². The van der Waals surface area contributed by atoms with E-state index in [9.17, 15) is 4.79 Å². The van der Waals surface area contributed by atoms with Gasteiger partial charge < -0.3 is 5.32 Å². The Hall–Kier alpha value is -1.88. The van der Waals surface area contributed by atoms with Crippen molar-refractivity contribution in [3.63, 3.8) is 0 Å². The third kappa shape index (κ3) is 4.06. The fourth-order valence-electron chi connectivity index (χ4n) is 1.95. The van der Waals surface area contributed by atoms with E-state index in [4.69, 9.17) is 11.6 Å². The zero-order valence-electron chi connectivity index (χ0n) is 11.3. The van der Waals surface area contributed by atoms with Crippen LogP contribution in [0.2, 0.25) is 5.02 Å². The molecule has 0 aliphatic carbocycles. The van der Waals surface area contributed by atoms with E-state index in [1.54, 1.807) is 11.0 Å². The van der Waals surface area contributed by atoms with Gasteiger partial charge in [0.1, 0.15) is 12.7 Å². The fraction of sp³-hybridized carbons (Fsp3) is 0.357. The van der Waals surface area contributed by atoms with E-state index in [1.807, 2.05) is 31.2 Å². The van der Waals surface area contributed by atoms with Crippen molar-refractivity contribution >= 4 is 17.5 Å². The Morgan fingerprint density at radius 2 is 2.15 bits per heavy atom. The van der Waals surface area contributed by atoms with Crippen LogP contribution in [-0.2, 0) is 11.3 Å². The lowest BCUT2D eigenvalue weighted by atomic mass is 10.0. The SMILES string of the molecule is CC[C@H](NC(=O)CCn1cncn1)c1ccc(Cl)cc1. The molecule has 0 unspecified atom stereocenters. The van der Waals surface area contributed by atoms with E-state index in [1.165, 1.54) is 6.33 Å². The van der Waals surface area contributed by atoms with Crippen LogP contribution in [0.25, 0.3) is 0 Å². The Morgan fingerprint density at radius 1 is 1.40 bits per heavy atom. The molecule has 0 bridgehead atoms. The zero-order valence-corrected chi connectivity index (χ0v) is 12.0. The lowest BCUT2D eigenvalue weighted by Crippen LogP contribution is -2.28. The van der Waals surface area contributed by atoms with E-state index in [2.05, 4.69) is 15.4 Å². The number of benzene rings is 1. The van der Waals surface area contributed by atoms with Gasteiger partial charge in [-0.05, 0) is 24.1 Å². The first-order valence-electron chi connectivity index (χ1n) is 6.56. The Bertz CT molecular complexity index is 539. The number of amides is 1. The average molecular weight is 293 g/mol. The molecule has 0 aliphatic heterocycles. The van der Waals surface area contributed by atoms with E-state index < -0.39 is 0 Å². The van der Waals surface area contributed by atoms with Gasteiger partial charge in [-0.2, -0.15) is 5.10 Å². The highest BCUT2D eigenvalue weighted by atomic mass is 35.5. The number of aromatic nitrogens is 3. The highest BCUT2D eigenvalue weighted by Crippen LogP contribution is 2.19. The van der Waals surface area contributed by atoms with E-state index in [0.717, 1.165) is 12.0 Å². The lowest BCUT2D eigenvalue weighted by molar-refractivity contribution is -0.122. The summed E-state index contributed by atoms with van der Waals surface area (Å²) in [4.78, 5) is 15.8. The van der Waals surface area contributed by atoms with Gasteiger partial charge in [0.15, 0.2) is 0 Å². The van der Waals surface area contributed by atoms with Crippen LogP contribution in [0.15, 0.2) is 36.9 Å². The molecule has 1 aromatic heterocycles. The summed E-state index contributed by atoms with van der Waals surface area (Å²) in [7, 11) is 0. The molecule has 106 valence electrons. The number of nitrogens with zero attached hydrogens (tertiary/aromatic N) is 3. The summed E-state index contributed by atoms with van der Waals surface area (Å²) >= 11 is 5.87. The van der Waals surface area contributed by atoms with Gasteiger partial charge in [0.2, 0.25) is 5.91 Å². The summed E-state index contributed by atoms with van der Waals surface area (Å²) in [5, 5.41) is 7.68. The van der Waals surface area contributed by atoms with Crippen molar-refractivity contribution in [2.45, 2.75) is 32.4 Å². The first kappa shape index (κ1) is 14.5. The highest BCUT2D eigenvalue weighted by molar-refractivity contribution is 6.30. The number of carbonyl (C=O) groups is 1. The van der Waals surface area contributed by atoms with Gasteiger partial charge in [0.25, 0.3) is 0 Å². The monoisotopic (exact) mass is 292 g/mol. The smallest absolute Gasteiger partial charge is 0.222 e. The molecule has 0 saturated heterocycles. The minimum absolute atomic E-state index is 0.00213. The molecule has 1 aromatic carbocycles. The topological polar surface area (TPSA) is 59.8 Å². The van der Waals surface area contributed by atoms with E-state index in [-0.39, 0.29) is 11.9 Å². The van der Waals surface area contributed by atoms with Crippen LogP contribution in [0.3, 0.4) is 0 Å². The maximum absolute atomic E-state index is 11.9. The summed E-state index contributed by atoms with van der Waals surface area (Å²) in [6.45, 7) is 2.57. The Labute approximate surface area is 123 Å². The summed E-state index contributed by atoms with van der Waals surface area (Å²) in [5.41, 5.74) is 1.06. The molecule has 1 heterocycles. The van der Waals surface area contributed by atoms with Crippen LogP contribution in [0.5, 0.6) is 0 Å². The van der Waals surface area contributed by atoms with Gasteiger partial charge >= 0.3 is 0 Å². The number of carbonyl (C=O) groups excluding carboxylic acids is 1. The molecule has 0 aliphatic rings. The minimum Gasteiger partial charge on any atom is -0.349 e. The van der Waals surface area contributed by atoms with E-state index >= 15 is 0 Å². The molecule has 1 N–H and O–H groups in total. The van der Waals surface area contributed by atoms with Gasteiger partial charge in [0.05, 0.1) is 12.6 Å². The van der Waals surface area contributed by atoms with Crippen LogP contribution < -0.4 is 5.32 Å². The van der Waals surface area contributed by atoms with Gasteiger partial charge in [-0.3, -0.25) is 9.48 Å². The molecule has 2 rings (SSSR count). The van der Waals surface area contributed by atoms with Crippen LogP contribution >= 0.6 is 11.6 Å². The number of hydrogen-bond donors (Lipinski definition) is 1. The molecule has 0 fully saturated rings. The second-order valence-electron chi connectivity index (χ2n) is 4.49. The number of hydrogen-bond acceptors (Lipinski definition) is 3. The maximum Gasteiger partial charge on any atom is 0.222 e. The standard InChI is InChI=1S/C14H17ClN4O/c1-2-13(11-3-5-12(15)6-4-11)18-14(20)7-8-19-10-16-9-17-19/h3-6,9-10,13H,2,7-8H2,1H3,(H,18,20)/t13-/m0/s1. The molecule has 20 heavy (non-hydrogen) atoms. The Balaban J connectivity index is 1.89. The summed E-state index contributed by atoms with van der Waals surface area (Å²) in [6, 6.07) is 7.56. The van der Waals surface area contributed by atoms with Crippen molar-refractivity contribution in [3.8, 4) is 0 Å². The van der Waals surface area contributed by atoms with Crippen molar-refractivity contribution in [1.29, 1.82) is 0 Å². The molecule has 1 atom stereocenters. The third-order valence-corrected chi connectivity index (χ3v) is 3.30. The van der Waals surface area contributed by atoms with Gasteiger partial charge in [-0.1, -0.05) is 30.7 Å². The molecule has 0 saturated carbocycles. The molecule has 6 heteroatoms. The lowest BCUT2D eigenvalue weighted by Gasteiger charge is -2.17. The third-order valence-electron chi connectivity index (χ3n) is 3.05. The number of halogens is 1. The minimum atomic E-state index is 0.00213. The van der Waals surface area contributed by atoms with Crippen molar-refractivity contribution < 1.29 is 4.79 Å². The molecule has 1 amide bonds. The van der Waals surface area contributed by atoms with Crippen LogP contribution in [-0.4, -0.2) is 20.7 Å². The second-order valence-corrected chi connectivity index (χ2v) is 4.92. The van der Waals surface area contributed by atoms with E-state index in [0.29, 0.717) is 18.0 Å². The molecular weight excluding hydrogens is 276 g/mol. The molecule has 0 radical (unpaired) electrons.